The molecule has 0 aliphatic carbocycles. The van der Waals surface area contributed by atoms with Crippen LogP contribution < -0.4 is 5.32 Å². The molecule has 4 nitrogen and oxygen atoms in total. The number of aromatic nitrogens is 2. The van der Waals surface area contributed by atoms with Crippen LogP contribution in [0.4, 0.5) is 0 Å². The van der Waals surface area contributed by atoms with E-state index in [-0.39, 0.29) is 0 Å². The van der Waals surface area contributed by atoms with Crippen molar-refractivity contribution in [3.05, 3.63) is 30.2 Å². The van der Waals surface area contributed by atoms with Crippen molar-refractivity contribution in [3.63, 3.8) is 0 Å². The van der Waals surface area contributed by atoms with Crippen molar-refractivity contribution in [2.24, 2.45) is 7.05 Å². The van der Waals surface area contributed by atoms with Crippen molar-refractivity contribution >= 4 is 0 Å². The van der Waals surface area contributed by atoms with E-state index in [1.54, 1.807) is 6.26 Å². The summed E-state index contributed by atoms with van der Waals surface area (Å²) >= 11 is 0. The largest absolute Gasteiger partial charge is 0.463 e. The van der Waals surface area contributed by atoms with E-state index < -0.39 is 0 Å². The van der Waals surface area contributed by atoms with Crippen LogP contribution in [0.15, 0.2) is 28.9 Å². The quantitative estimate of drug-likeness (QED) is 0.780. The smallest absolute Gasteiger partial charge is 0.151 e. The molecular formula is C13H19N3O. The van der Waals surface area contributed by atoms with Crippen LogP contribution in [-0.2, 0) is 13.6 Å². The number of unbranched alkanes of at least 4 members (excludes halogenated alkanes) is 1. The van der Waals surface area contributed by atoms with Gasteiger partial charge in [0, 0.05) is 13.6 Å². The van der Waals surface area contributed by atoms with Gasteiger partial charge < -0.3 is 9.73 Å². The van der Waals surface area contributed by atoms with Gasteiger partial charge in [0.1, 0.15) is 5.69 Å². The minimum absolute atomic E-state index is 0.814. The molecule has 2 aromatic rings. The average Bonchev–Trinajstić information content (AvgIpc) is 2.93. The van der Waals surface area contributed by atoms with E-state index in [9.17, 15) is 0 Å². The molecule has 0 amide bonds. The van der Waals surface area contributed by atoms with Crippen molar-refractivity contribution in [3.8, 4) is 11.5 Å². The van der Waals surface area contributed by atoms with E-state index >= 15 is 0 Å². The summed E-state index contributed by atoms with van der Waals surface area (Å²) < 4.78 is 7.23. The van der Waals surface area contributed by atoms with Crippen molar-refractivity contribution in [2.75, 3.05) is 6.54 Å². The SMILES string of the molecule is CCCCNCc1cc(-c2ccco2)n(C)n1. The summed E-state index contributed by atoms with van der Waals surface area (Å²) in [7, 11) is 1.94. The fourth-order valence-electron chi connectivity index (χ4n) is 1.79. The van der Waals surface area contributed by atoms with Gasteiger partial charge in [0.2, 0.25) is 0 Å². The fraction of sp³-hybridized carbons (Fsp3) is 0.462. The number of nitrogens with zero attached hydrogens (tertiary/aromatic N) is 2. The van der Waals surface area contributed by atoms with Crippen LogP contribution in [0.5, 0.6) is 0 Å². The Morgan fingerprint density at radius 1 is 1.47 bits per heavy atom. The Morgan fingerprint density at radius 3 is 3.06 bits per heavy atom. The normalized spacial score (nSPS) is 10.9. The molecule has 4 heteroatoms. The maximum absolute atomic E-state index is 5.38. The third kappa shape index (κ3) is 2.97. The van der Waals surface area contributed by atoms with Gasteiger partial charge in [-0.2, -0.15) is 5.10 Å². The maximum Gasteiger partial charge on any atom is 0.151 e. The molecule has 0 aliphatic heterocycles. The first-order valence-electron chi connectivity index (χ1n) is 6.08. The van der Waals surface area contributed by atoms with Crippen LogP contribution in [0, 0.1) is 0 Å². The molecule has 0 saturated heterocycles. The third-order valence-electron chi connectivity index (χ3n) is 2.72. The molecule has 0 fully saturated rings. The number of nitrogens with one attached hydrogen (secondary N) is 1. The highest BCUT2D eigenvalue weighted by Gasteiger charge is 2.08. The highest BCUT2D eigenvalue weighted by Crippen LogP contribution is 2.19. The molecule has 2 rings (SSSR count). The number of hydrogen-bond donors (Lipinski definition) is 1. The Kier molecular flexibility index (Phi) is 3.98. The number of rotatable bonds is 6. The molecule has 0 saturated carbocycles. The first-order valence-corrected chi connectivity index (χ1v) is 6.08. The van der Waals surface area contributed by atoms with Gasteiger partial charge in [-0.15, -0.1) is 0 Å². The molecule has 0 aliphatic rings. The van der Waals surface area contributed by atoms with E-state index in [1.165, 1.54) is 12.8 Å². The van der Waals surface area contributed by atoms with Crippen LogP contribution >= 0.6 is 0 Å². The molecule has 2 aromatic heterocycles. The second-order valence-corrected chi connectivity index (χ2v) is 4.15. The zero-order valence-corrected chi connectivity index (χ0v) is 10.4. The summed E-state index contributed by atoms with van der Waals surface area (Å²) in [5.41, 5.74) is 2.07. The molecule has 2 heterocycles. The zero-order valence-electron chi connectivity index (χ0n) is 10.4. The molecule has 0 radical (unpaired) electrons. The van der Waals surface area contributed by atoms with E-state index in [1.807, 2.05) is 23.9 Å². The predicted octanol–water partition coefficient (Wildman–Crippen LogP) is 2.57. The first kappa shape index (κ1) is 11.9. The highest BCUT2D eigenvalue weighted by atomic mass is 16.3. The monoisotopic (exact) mass is 233 g/mol. The molecule has 0 atom stereocenters. The van der Waals surface area contributed by atoms with Gasteiger partial charge >= 0.3 is 0 Å². The van der Waals surface area contributed by atoms with Gasteiger partial charge in [0.15, 0.2) is 5.76 Å². The predicted molar refractivity (Wildman–Crippen MR) is 67.5 cm³/mol. The Balaban J connectivity index is 1.99. The van der Waals surface area contributed by atoms with Crippen LogP contribution in [0.1, 0.15) is 25.5 Å². The average molecular weight is 233 g/mol. The van der Waals surface area contributed by atoms with E-state index in [4.69, 9.17) is 4.42 Å². The lowest BCUT2D eigenvalue weighted by atomic mass is 10.3. The number of aryl methyl sites for hydroxylation is 1. The number of furan rings is 1. The van der Waals surface area contributed by atoms with Gasteiger partial charge in [0.05, 0.1) is 12.0 Å². The summed E-state index contributed by atoms with van der Waals surface area (Å²) in [4.78, 5) is 0. The molecule has 17 heavy (non-hydrogen) atoms. The Morgan fingerprint density at radius 2 is 2.35 bits per heavy atom. The summed E-state index contributed by atoms with van der Waals surface area (Å²) in [5.74, 6) is 0.861. The number of hydrogen-bond acceptors (Lipinski definition) is 3. The van der Waals surface area contributed by atoms with E-state index in [2.05, 4.69) is 23.4 Å². The second kappa shape index (κ2) is 5.68. The summed E-state index contributed by atoms with van der Waals surface area (Å²) in [5, 5.41) is 7.84. The molecule has 0 unspecified atom stereocenters. The van der Waals surface area contributed by atoms with Crippen molar-refractivity contribution < 1.29 is 4.42 Å². The molecule has 0 spiro atoms. The molecule has 0 bridgehead atoms. The third-order valence-corrected chi connectivity index (χ3v) is 2.72. The maximum atomic E-state index is 5.38. The van der Waals surface area contributed by atoms with Crippen molar-refractivity contribution in [2.45, 2.75) is 26.3 Å². The summed E-state index contributed by atoms with van der Waals surface area (Å²) in [6.07, 6.45) is 4.10. The Hall–Kier alpha value is -1.55. The standard InChI is InChI=1S/C13H19N3O/c1-3-4-7-14-10-11-9-12(16(2)15-11)13-6-5-8-17-13/h5-6,8-9,14H,3-4,7,10H2,1-2H3. The lowest BCUT2D eigenvalue weighted by Gasteiger charge is -1.99. The van der Waals surface area contributed by atoms with E-state index in [0.29, 0.717) is 0 Å². The summed E-state index contributed by atoms with van der Waals surface area (Å²) in [6.45, 7) is 4.05. The van der Waals surface area contributed by atoms with Gasteiger partial charge in [-0.05, 0) is 31.2 Å². The van der Waals surface area contributed by atoms with Gasteiger partial charge in [0.25, 0.3) is 0 Å². The van der Waals surface area contributed by atoms with Crippen molar-refractivity contribution in [1.29, 1.82) is 0 Å². The molecular weight excluding hydrogens is 214 g/mol. The van der Waals surface area contributed by atoms with Crippen molar-refractivity contribution in [1.82, 2.24) is 15.1 Å². The Labute approximate surface area is 102 Å². The van der Waals surface area contributed by atoms with Gasteiger partial charge in [-0.3, -0.25) is 4.68 Å². The Bertz CT molecular complexity index is 445. The lowest BCUT2D eigenvalue weighted by molar-refractivity contribution is 0.572. The van der Waals surface area contributed by atoms with Gasteiger partial charge in [-0.25, -0.2) is 0 Å². The second-order valence-electron chi connectivity index (χ2n) is 4.15. The highest BCUT2D eigenvalue weighted by molar-refractivity contribution is 5.52. The topological polar surface area (TPSA) is 43.0 Å². The molecule has 92 valence electrons. The van der Waals surface area contributed by atoms with Gasteiger partial charge in [-0.1, -0.05) is 13.3 Å². The molecule has 0 aromatic carbocycles. The lowest BCUT2D eigenvalue weighted by Crippen LogP contribution is -2.14. The minimum atomic E-state index is 0.814. The minimum Gasteiger partial charge on any atom is -0.463 e. The van der Waals surface area contributed by atoms with Crippen LogP contribution in [-0.4, -0.2) is 16.3 Å². The fourth-order valence-corrected chi connectivity index (χ4v) is 1.79. The van der Waals surface area contributed by atoms with Crippen LogP contribution in [0.3, 0.4) is 0 Å². The first-order chi connectivity index (χ1) is 8.31. The van der Waals surface area contributed by atoms with Crippen LogP contribution in [0.2, 0.25) is 0 Å². The molecule has 1 N–H and O–H groups in total. The van der Waals surface area contributed by atoms with Crippen LogP contribution in [0.25, 0.3) is 11.5 Å². The van der Waals surface area contributed by atoms with E-state index in [0.717, 1.165) is 30.2 Å². The summed E-state index contributed by atoms with van der Waals surface area (Å²) in [6, 6.07) is 5.91. The zero-order chi connectivity index (χ0) is 12.1.